The molecule has 0 fully saturated rings. The molecular weight excluding hydrogens is 488 g/mol. The van der Waals surface area contributed by atoms with E-state index in [1.807, 2.05) is 0 Å². The van der Waals surface area contributed by atoms with Gasteiger partial charge in [-0.15, -0.1) is 0 Å². The van der Waals surface area contributed by atoms with E-state index >= 15 is 0 Å². The molecule has 11 heteroatoms. The van der Waals surface area contributed by atoms with E-state index in [9.17, 15) is 14.7 Å². The minimum absolute atomic E-state index is 0.0945. The molecule has 4 N–H and O–H groups in total. The smallest absolute Gasteiger partial charge is 0.412 e. The number of hydroxylamine groups is 1. The van der Waals surface area contributed by atoms with Crippen LogP contribution in [-0.2, 0) is 14.3 Å². The van der Waals surface area contributed by atoms with E-state index in [0.29, 0.717) is 21.7 Å². The van der Waals surface area contributed by atoms with Crippen molar-refractivity contribution in [2.45, 2.75) is 19.1 Å². The third-order valence-corrected chi connectivity index (χ3v) is 4.85. The van der Waals surface area contributed by atoms with Gasteiger partial charge in [-0.25, -0.2) is 10.3 Å². The van der Waals surface area contributed by atoms with Crippen LogP contribution in [0.1, 0.15) is 18.6 Å². The van der Waals surface area contributed by atoms with Crippen molar-refractivity contribution in [1.82, 2.24) is 5.48 Å². The Labute approximate surface area is 191 Å². The third kappa shape index (κ3) is 5.90. The zero-order chi connectivity index (χ0) is 23.1. The van der Waals surface area contributed by atoms with Crippen LogP contribution in [0, 0.1) is 0 Å². The fourth-order valence-electron chi connectivity index (χ4n) is 2.95. The van der Waals surface area contributed by atoms with Gasteiger partial charge in [0.05, 0.1) is 0 Å². The summed E-state index contributed by atoms with van der Waals surface area (Å²) in [7, 11) is 0. The second-order valence-corrected chi connectivity index (χ2v) is 7.39. The number of carbonyl (C=O) groups is 2. The molecule has 2 amide bonds. The van der Waals surface area contributed by atoms with Crippen molar-refractivity contribution in [3.8, 4) is 17.2 Å². The molecule has 0 aromatic heterocycles. The standard InChI is InChI=1S/C21H21BrN2O8/c1-2-29-17(7-8-19(26)24-28)20(14-9-12(22)3-5-15(14)25)32-21(27)23-13-4-6-16-18(10-13)31-11-30-16/h3-10,17,20,25,28H,2,11H2,1H3,(H,23,27)(H,24,26)/b8-7+/t17-,20-/m0/s1. The largest absolute Gasteiger partial charge is 0.508 e. The average molecular weight is 509 g/mol. The maximum atomic E-state index is 12.7. The SMILES string of the molecule is CCO[C@@H](/C=C/C(=O)NO)[C@@H](OC(=O)Nc1ccc2c(c1)OCO2)c1cc(Br)ccc1O. The number of aromatic hydroxyl groups is 1. The number of hydrogen-bond donors (Lipinski definition) is 4. The lowest BCUT2D eigenvalue weighted by molar-refractivity contribution is -0.124. The first-order chi connectivity index (χ1) is 15.4. The van der Waals surface area contributed by atoms with Crippen LogP contribution in [0.25, 0.3) is 0 Å². The number of hydrogen-bond acceptors (Lipinski definition) is 8. The highest BCUT2D eigenvalue weighted by Crippen LogP contribution is 2.36. The van der Waals surface area contributed by atoms with Crippen molar-refractivity contribution < 1.29 is 38.9 Å². The van der Waals surface area contributed by atoms with Gasteiger partial charge in [-0.05, 0) is 43.3 Å². The van der Waals surface area contributed by atoms with Crippen molar-refractivity contribution in [2.24, 2.45) is 0 Å². The molecule has 1 heterocycles. The molecule has 3 rings (SSSR count). The maximum Gasteiger partial charge on any atom is 0.412 e. The first-order valence-electron chi connectivity index (χ1n) is 9.50. The number of anilines is 1. The summed E-state index contributed by atoms with van der Waals surface area (Å²) in [6.45, 7) is 2.03. The number of halogens is 1. The fraction of sp³-hybridized carbons (Fsp3) is 0.238. The highest BCUT2D eigenvalue weighted by atomic mass is 79.9. The van der Waals surface area contributed by atoms with Crippen molar-refractivity contribution in [3.05, 3.63) is 58.6 Å². The van der Waals surface area contributed by atoms with Crippen molar-refractivity contribution in [3.63, 3.8) is 0 Å². The van der Waals surface area contributed by atoms with Gasteiger partial charge in [-0.3, -0.25) is 15.3 Å². The van der Waals surface area contributed by atoms with Crippen molar-refractivity contribution in [1.29, 1.82) is 0 Å². The van der Waals surface area contributed by atoms with E-state index in [1.54, 1.807) is 37.3 Å². The molecule has 1 aliphatic heterocycles. The third-order valence-electron chi connectivity index (χ3n) is 4.35. The minimum Gasteiger partial charge on any atom is -0.508 e. The summed E-state index contributed by atoms with van der Waals surface area (Å²) in [5.74, 6) is 0.106. The summed E-state index contributed by atoms with van der Waals surface area (Å²) in [6, 6.07) is 9.47. The van der Waals surface area contributed by atoms with Gasteiger partial charge in [0.2, 0.25) is 6.79 Å². The number of phenols is 1. The Kier molecular flexibility index (Phi) is 7.92. The molecule has 170 valence electrons. The number of phenolic OH excluding ortho intramolecular Hbond substituents is 1. The average Bonchev–Trinajstić information content (AvgIpc) is 3.24. The summed E-state index contributed by atoms with van der Waals surface area (Å²) in [6.07, 6.45) is -0.586. The van der Waals surface area contributed by atoms with E-state index in [0.717, 1.165) is 6.08 Å². The highest BCUT2D eigenvalue weighted by Gasteiger charge is 2.29. The van der Waals surface area contributed by atoms with Gasteiger partial charge < -0.3 is 24.1 Å². The molecule has 0 spiro atoms. The Morgan fingerprint density at radius 2 is 2.00 bits per heavy atom. The second-order valence-electron chi connectivity index (χ2n) is 6.48. The molecule has 0 saturated carbocycles. The molecule has 0 bridgehead atoms. The van der Waals surface area contributed by atoms with Gasteiger partial charge in [-0.1, -0.05) is 15.9 Å². The number of benzene rings is 2. The van der Waals surface area contributed by atoms with E-state index in [4.69, 9.17) is 24.2 Å². The lowest BCUT2D eigenvalue weighted by atomic mass is 10.0. The van der Waals surface area contributed by atoms with Crippen LogP contribution in [0.5, 0.6) is 17.2 Å². The number of rotatable bonds is 8. The monoisotopic (exact) mass is 508 g/mol. The van der Waals surface area contributed by atoms with Gasteiger partial charge in [0.15, 0.2) is 17.6 Å². The van der Waals surface area contributed by atoms with Gasteiger partial charge in [0.1, 0.15) is 11.9 Å². The number of nitrogens with one attached hydrogen (secondary N) is 2. The number of amides is 2. The lowest BCUT2D eigenvalue weighted by Gasteiger charge is -2.26. The Morgan fingerprint density at radius 3 is 2.75 bits per heavy atom. The predicted molar refractivity (Wildman–Crippen MR) is 116 cm³/mol. The molecule has 0 radical (unpaired) electrons. The van der Waals surface area contributed by atoms with Crippen LogP contribution in [0.2, 0.25) is 0 Å². The molecule has 0 aliphatic carbocycles. The molecule has 2 aromatic carbocycles. The Morgan fingerprint density at radius 1 is 1.22 bits per heavy atom. The summed E-state index contributed by atoms with van der Waals surface area (Å²) >= 11 is 3.33. The summed E-state index contributed by atoms with van der Waals surface area (Å²) < 4.78 is 22.4. The Hall–Kier alpha value is -3.28. The molecule has 32 heavy (non-hydrogen) atoms. The lowest BCUT2D eigenvalue weighted by Crippen LogP contribution is -2.28. The molecule has 2 aromatic rings. The topological polar surface area (TPSA) is 136 Å². The van der Waals surface area contributed by atoms with Crippen LogP contribution >= 0.6 is 15.9 Å². The zero-order valence-electron chi connectivity index (χ0n) is 16.9. The molecule has 2 atom stereocenters. The van der Waals surface area contributed by atoms with Crippen molar-refractivity contribution in [2.75, 3.05) is 18.7 Å². The van der Waals surface area contributed by atoms with E-state index in [2.05, 4.69) is 21.2 Å². The summed E-state index contributed by atoms with van der Waals surface area (Å²) in [5.41, 5.74) is 2.12. The van der Waals surface area contributed by atoms with Crippen LogP contribution < -0.4 is 20.3 Å². The second kappa shape index (κ2) is 10.8. The van der Waals surface area contributed by atoms with Crippen LogP contribution in [0.4, 0.5) is 10.5 Å². The summed E-state index contributed by atoms with van der Waals surface area (Å²) in [4.78, 5) is 24.2. The predicted octanol–water partition coefficient (Wildman–Crippen LogP) is 3.64. The Balaban J connectivity index is 1.87. The molecule has 10 nitrogen and oxygen atoms in total. The normalized spacial score (nSPS) is 14.1. The first kappa shape index (κ1) is 23.4. The van der Waals surface area contributed by atoms with Gasteiger partial charge in [0.25, 0.3) is 5.91 Å². The molecule has 1 aliphatic rings. The molecular formula is C21H21BrN2O8. The van der Waals surface area contributed by atoms with Crippen LogP contribution in [-0.4, -0.2) is 41.8 Å². The van der Waals surface area contributed by atoms with Crippen LogP contribution in [0.15, 0.2) is 53.0 Å². The molecule has 0 unspecified atom stereocenters. The summed E-state index contributed by atoms with van der Waals surface area (Å²) in [5, 5.41) is 21.7. The quantitative estimate of drug-likeness (QED) is 0.241. The van der Waals surface area contributed by atoms with E-state index < -0.39 is 24.2 Å². The molecule has 0 saturated heterocycles. The van der Waals surface area contributed by atoms with Gasteiger partial charge >= 0.3 is 6.09 Å². The van der Waals surface area contributed by atoms with Crippen LogP contribution in [0.3, 0.4) is 0 Å². The zero-order valence-corrected chi connectivity index (χ0v) is 18.5. The number of carbonyl (C=O) groups excluding carboxylic acids is 2. The van der Waals surface area contributed by atoms with Gasteiger partial charge in [-0.2, -0.15) is 0 Å². The van der Waals surface area contributed by atoms with Gasteiger partial charge in [0, 0.05) is 34.5 Å². The maximum absolute atomic E-state index is 12.7. The minimum atomic E-state index is -1.13. The van der Waals surface area contributed by atoms with E-state index in [1.165, 1.54) is 17.6 Å². The van der Waals surface area contributed by atoms with Crippen molar-refractivity contribution >= 4 is 33.6 Å². The fourth-order valence-corrected chi connectivity index (χ4v) is 3.33. The number of ether oxygens (including phenoxy) is 4. The number of fused-ring (bicyclic) bond motifs is 1. The highest BCUT2D eigenvalue weighted by molar-refractivity contribution is 9.10. The Bertz CT molecular complexity index is 1010. The van der Waals surface area contributed by atoms with E-state index in [-0.39, 0.29) is 24.7 Å². The first-order valence-corrected chi connectivity index (χ1v) is 10.3.